The molecule has 1 saturated carbocycles. The van der Waals surface area contributed by atoms with Crippen LogP contribution in [0.15, 0.2) is 51.7 Å². The molecule has 0 saturated heterocycles. The molecule has 122 valence electrons. The van der Waals surface area contributed by atoms with Gasteiger partial charge in [0.2, 0.25) is 5.91 Å². The number of fused-ring (bicyclic) bond motifs is 1. The van der Waals surface area contributed by atoms with Crippen LogP contribution in [-0.2, 0) is 4.79 Å². The number of anilines is 1. The Labute approximate surface area is 136 Å². The number of hydrogen-bond acceptors (Lipinski definition) is 3. The number of amides is 1. The minimum Gasteiger partial charge on any atom is -0.408 e. The lowest BCUT2D eigenvalue weighted by molar-refractivity contribution is -0.118. The summed E-state index contributed by atoms with van der Waals surface area (Å²) in [5, 5.41) is 2.87. The Balaban J connectivity index is 1.60. The molecule has 1 amide bonds. The molecule has 0 spiro atoms. The molecule has 24 heavy (non-hydrogen) atoms. The lowest BCUT2D eigenvalue weighted by atomic mass is 9.93. The average Bonchev–Trinajstić information content (AvgIpc) is 3.30. The van der Waals surface area contributed by atoms with Crippen molar-refractivity contribution in [1.29, 1.82) is 0 Å². The summed E-state index contributed by atoms with van der Waals surface area (Å²) in [4.78, 5) is 26.5. The van der Waals surface area contributed by atoms with Gasteiger partial charge in [-0.25, -0.2) is 9.18 Å². The van der Waals surface area contributed by atoms with Gasteiger partial charge in [0, 0.05) is 11.8 Å². The molecule has 2 N–H and O–H groups in total. The topological polar surface area (TPSA) is 75.1 Å². The van der Waals surface area contributed by atoms with E-state index in [0.717, 1.165) is 18.4 Å². The van der Waals surface area contributed by atoms with Gasteiger partial charge in [-0.2, -0.15) is 0 Å². The largest absolute Gasteiger partial charge is 0.417 e. The third-order valence-corrected chi connectivity index (χ3v) is 4.29. The first-order valence-corrected chi connectivity index (χ1v) is 7.79. The van der Waals surface area contributed by atoms with E-state index in [0.29, 0.717) is 16.8 Å². The lowest BCUT2D eigenvalue weighted by Crippen LogP contribution is -2.22. The Bertz CT molecular complexity index is 954. The van der Waals surface area contributed by atoms with Crippen molar-refractivity contribution >= 4 is 22.7 Å². The quantitative estimate of drug-likeness (QED) is 0.771. The molecule has 1 aliphatic rings. The van der Waals surface area contributed by atoms with E-state index in [2.05, 4.69) is 10.3 Å². The van der Waals surface area contributed by atoms with E-state index in [4.69, 9.17) is 4.42 Å². The third-order valence-electron chi connectivity index (χ3n) is 4.29. The zero-order chi connectivity index (χ0) is 16.7. The van der Waals surface area contributed by atoms with Crippen molar-refractivity contribution in [2.24, 2.45) is 5.92 Å². The molecule has 1 atom stereocenters. The number of benzene rings is 2. The lowest BCUT2D eigenvalue weighted by Gasteiger charge is -2.16. The van der Waals surface area contributed by atoms with Crippen LogP contribution < -0.4 is 11.1 Å². The maximum absolute atomic E-state index is 13.1. The highest BCUT2D eigenvalue weighted by Crippen LogP contribution is 2.43. The van der Waals surface area contributed by atoms with Gasteiger partial charge in [0.25, 0.3) is 0 Å². The van der Waals surface area contributed by atoms with Gasteiger partial charge in [0.1, 0.15) is 5.82 Å². The number of halogens is 1. The third kappa shape index (κ3) is 2.82. The van der Waals surface area contributed by atoms with Crippen molar-refractivity contribution in [3.8, 4) is 0 Å². The highest BCUT2D eigenvalue weighted by Gasteiger charge is 2.37. The van der Waals surface area contributed by atoms with E-state index in [1.165, 1.54) is 12.1 Å². The SMILES string of the molecule is O=C(Nc1ccc2[nH]c(=O)oc2c1)C(c1ccc(F)cc1)C1CC1. The molecule has 3 aromatic rings. The van der Waals surface area contributed by atoms with Gasteiger partial charge >= 0.3 is 5.76 Å². The zero-order valence-electron chi connectivity index (χ0n) is 12.7. The number of carbonyl (C=O) groups excluding carboxylic acids is 1. The van der Waals surface area contributed by atoms with Crippen LogP contribution in [0.3, 0.4) is 0 Å². The van der Waals surface area contributed by atoms with E-state index < -0.39 is 5.76 Å². The number of aromatic nitrogens is 1. The van der Waals surface area contributed by atoms with Crippen molar-refractivity contribution < 1.29 is 13.6 Å². The fraction of sp³-hybridized carbons (Fsp3) is 0.222. The van der Waals surface area contributed by atoms with Gasteiger partial charge in [-0.1, -0.05) is 12.1 Å². The predicted molar refractivity (Wildman–Crippen MR) is 87.3 cm³/mol. The highest BCUT2D eigenvalue weighted by molar-refractivity contribution is 5.97. The minimum atomic E-state index is -0.532. The minimum absolute atomic E-state index is 0.138. The van der Waals surface area contributed by atoms with Crippen LogP contribution in [0.4, 0.5) is 10.1 Å². The summed E-state index contributed by atoms with van der Waals surface area (Å²) in [6, 6.07) is 11.1. The fourth-order valence-electron chi connectivity index (χ4n) is 2.98. The molecule has 2 aromatic carbocycles. The number of H-pyrrole nitrogens is 1. The normalized spacial score (nSPS) is 15.4. The molecule has 1 aliphatic carbocycles. The Kier molecular flexibility index (Phi) is 3.45. The first-order valence-electron chi connectivity index (χ1n) is 7.79. The number of carbonyl (C=O) groups is 1. The first kappa shape index (κ1) is 14.7. The fourth-order valence-corrected chi connectivity index (χ4v) is 2.98. The second kappa shape index (κ2) is 5.63. The number of aromatic amines is 1. The zero-order valence-corrected chi connectivity index (χ0v) is 12.7. The van der Waals surface area contributed by atoms with E-state index in [1.807, 2.05) is 0 Å². The maximum Gasteiger partial charge on any atom is 0.417 e. The van der Waals surface area contributed by atoms with Crippen LogP contribution in [0.25, 0.3) is 11.1 Å². The number of nitrogens with one attached hydrogen (secondary N) is 2. The van der Waals surface area contributed by atoms with Crippen LogP contribution in [0.1, 0.15) is 24.3 Å². The second-order valence-electron chi connectivity index (χ2n) is 6.08. The summed E-state index contributed by atoms with van der Waals surface area (Å²) in [6.45, 7) is 0. The monoisotopic (exact) mass is 326 g/mol. The van der Waals surface area contributed by atoms with E-state index in [1.54, 1.807) is 30.3 Å². The standard InChI is InChI=1S/C18H15FN2O3/c19-12-5-3-11(4-6-12)16(10-1-2-10)17(22)20-13-7-8-14-15(9-13)24-18(23)21-14/h3-10,16H,1-2H2,(H,20,22)(H,21,23). The van der Waals surface area contributed by atoms with Crippen LogP contribution in [0.2, 0.25) is 0 Å². The summed E-state index contributed by atoms with van der Waals surface area (Å²) in [5.74, 6) is -1.01. The molecule has 1 heterocycles. The predicted octanol–water partition coefficient (Wildman–Crippen LogP) is 3.39. The maximum atomic E-state index is 13.1. The molecule has 0 aliphatic heterocycles. The molecule has 0 radical (unpaired) electrons. The summed E-state index contributed by atoms with van der Waals surface area (Å²) in [6.07, 6.45) is 1.97. The molecule has 4 rings (SSSR count). The average molecular weight is 326 g/mol. The number of rotatable bonds is 4. The van der Waals surface area contributed by atoms with Crippen LogP contribution in [-0.4, -0.2) is 10.9 Å². The van der Waals surface area contributed by atoms with Gasteiger partial charge < -0.3 is 9.73 Å². The first-order chi connectivity index (χ1) is 11.6. The highest BCUT2D eigenvalue weighted by atomic mass is 19.1. The van der Waals surface area contributed by atoms with Gasteiger partial charge in [-0.3, -0.25) is 9.78 Å². The van der Waals surface area contributed by atoms with Crippen LogP contribution >= 0.6 is 0 Å². The van der Waals surface area contributed by atoms with Crippen molar-refractivity contribution in [3.63, 3.8) is 0 Å². The van der Waals surface area contributed by atoms with E-state index in [-0.39, 0.29) is 23.6 Å². The Morgan fingerprint density at radius 2 is 1.96 bits per heavy atom. The molecule has 1 aromatic heterocycles. The van der Waals surface area contributed by atoms with Crippen LogP contribution in [0.5, 0.6) is 0 Å². The molecule has 1 unspecified atom stereocenters. The van der Waals surface area contributed by atoms with Gasteiger partial charge in [0.05, 0.1) is 11.4 Å². The molecule has 6 heteroatoms. The molecule has 0 bridgehead atoms. The van der Waals surface area contributed by atoms with Crippen LogP contribution in [0, 0.1) is 11.7 Å². The van der Waals surface area contributed by atoms with E-state index in [9.17, 15) is 14.0 Å². The van der Waals surface area contributed by atoms with Crippen molar-refractivity contribution in [3.05, 3.63) is 64.4 Å². The molecular formula is C18H15FN2O3. The number of hydrogen-bond donors (Lipinski definition) is 2. The Morgan fingerprint density at radius 3 is 2.67 bits per heavy atom. The van der Waals surface area contributed by atoms with Gasteiger partial charge in [-0.15, -0.1) is 0 Å². The summed E-state index contributed by atoms with van der Waals surface area (Å²) < 4.78 is 18.1. The summed E-state index contributed by atoms with van der Waals surface area (Å²) >= 11 is 0. The van der Waals surface area contributed by atoms with Crippen molar-refractivity contribution in [1.82, 2.24) is 4.98 Å². The molecular weight excluding hydrogens is 311 g/mol. The number of oxazole rings is 1. The Morgan fingerprint density at radius 1 is 1.21 bits per heavy atom. The summed E-state index contributed by atoms with van der Waals surface area (Å²) in [5.41, 5.74) is 2.34. The van der Waals surface area contributed by atoms with E-state index >= 15 is 0 Å². The Hall–Kier alpha value is -2.89. The molecule has 1 fully saturated rings. The summed E-state index contributed by atoms with van der Waals surface area (Å²) in [7, 11) is 0. The van der Waals surface area contributed by atoms with Gasteiger partial charge in [0.15, 0.2) is 5.58 Å². The van der Waals surface area contributed by atoms with Crippen molar-refractivity contribution in [2.45, 2.75) is 18.8 Å². The smallest absolute Gasteiger partial charge is 0.408 e. The molecule has 5 nitrogen and oxygen atoms in total. The van der Waals surface area contributed by atoms with Crippen molar-refractivity contribution in [2.75, 3.05) is 5.32 Å². The second-order valence-corrected chi connectivity index (χ2v) is 6.08. The van der Waals surface area contributed by atoms with Gasteiger partial charge in [-0.05, 0) is 48.6 Å².